The molecular formula is C21H21F3N4O2S. The van der Waals surface area contributed by atoms with Gasteiger partial charge in [0.05, 0.1) is 5.75 Å². The second kappa shape index (κ2) is 9.01. The minimum absolute atomic E-state index is 0.0515. The lowest BCUT2D eigenvalue weighted by Crippen LogP contribution is -2.19. The summed E-state index contributed by atoms with van der Waals surface area (Å²) in [6.45, 7) is 6.09. The van der Waals surface area contributed by atoms with Crippen LogP contribution in [0, 0.1) is 0 Å². The Morgan fingerprint density at radius 1 is 1.03 bits per heavy atom. The molecule has 3 rings (SSSR count). The van der Waals surface area contributed by atoms with Crippen molar-refractivity contribution in [1.29, 1.82) is 0 Å². The second-order valence-corrected chi connectivity index (χ2v) is 8.58. The number of rotatable bonds is 6. The van der Waals surface area contributed by atoms with Crippen LogP contribution in [0.5, 0.6) is 5.75 Å². The summed E-state index contributed by atoms with van der Waals surface area (Å²) in [6, 6.07) is 14.6. The van der Waals surface area contributed by atoms with E-state index >= 15 is 0 Å². The Hall–Kier alpha value is -3.01. The number of thioether (sulfide) groups is 1. The maximum Gasteiger partial charge on any atom is 0.573 e. The fourth-order valence-electron chi connectivity index (χ4n) is 2.73. The molecule has 164 valence electrons. The Kier molecular flexibility index (Phi) is 6.59. The molecule has 0 saturated carbocycles. The Bertz CT molecular complexity index is 1030. The summed E-state index contributed by atoms with van der Waals surface area (Å²) in [6.07, 6.45) is -4.76. The normalized spacial score (nSPS) is 11.9. The number of alkyl halides is 3. The lowest BCUT2D eigenvalue weighted by atomic mass is 9.95. The number of anilines is 1. The van der Waals surface area contributed by atoms with Crippen LogP contribution in [0.1, 0.15) is 26.6 Å². The average molecular weight is 450 g/mol. The van der Waals surface area contributed by atoms with Gasteiger partial charge in [-0.2, -0.15) is 0 Å². The van der Waals surface area contributed by atoms with E-state index in [4.69, 9.17) is 0 Å². The van der Waals surface area contributed by atoms with Gasteiger partial charge in [0.1, 0.15) is 11.6 Å². The van der Waals surface area contributed by atoms with Crippen molar-refractivity contribution in [3.63, 3.8) is 0 Å². The van der Waals surface area contributed by atoms with Crippen LogP contribution < -0.4 is 10.1 Å². The molecule has 0 fully saturated rings. The zero-order valence-electron chi connectivity index (χ0n) is 17.1. The molecule has 1 N–H and O–H groups in total. The molecule has 10 heteroatoms. The number of hydrogen-bond acceptors (Lipinski definition) is 5. The van der Waals surface area contributed by atoms with Gasteiger partial charge in [0.15, 0.2) is 5.16 Å². The highest BCUT2D eigenvalue weighted by Crippen LogP contribution is 2.29. The van der Waals surface area contributed by atoms with E-state index in [0.717, 1.165) is 23.6 Å². The molecule has 6 nitrogen and oxygen atoms in total. The van der Waals surface area contributed by atoms with Crippen LogP contribution in [0.2, 0.25) is 0 Å². The van der Waals surface area contributed by atoms with Crippen molar-refractivity contribution < 1.29 is 22.7 Å². The summed E-state index contributed by atoms with van der Waals surface area (Å²) >= 11 is 1.22. The van der Waals surface area contributed by atoms with Crippen LogP contribution in [0.3, 0.4) is 0 Å². The van der Waals surface area contributed by atoms with Gasteiger partial charge in [0, 0.05) is 16.8 Å². The largest absolute Gasteiger partial charge is 0.573 e. The Balaban J connectivity index is 1.69. The van der Waals surface area contributed by atoms with Crippen LogP contribution in [-0.2, 0) is 10.2 Å². The molecule has 0 bridgehead atoms. The first kappa shape index (κ1) is 22.7. The van der Waals surface area contributed by atoms with Gasteiger partial charge >= 0.3 is 6.36 Å². The number of aromatic nitrogens is 3. The standard InChI is InChI=1S/C21H21F3N4O2S/c1-20(2,3)18-26-27-19(28(18)15-7-5-4-6-8-15)31-13-17(29)25-14-9-11-16(12-10-14)30-21(22,23)24/h4-12H,13H2,1-3H3,(H,25,29). The van der Waals surface area contributed by atoms with E-state index in [1.165, 1.54) is 23.9 Å². The van der Waals surface area contributed by atoms with Crippen molar-refractivity contribution in [2.24, 2.45) is 0 Å². The number of carbonyl (C=O) groups excluding carboxylic acids is 1. The SMILES string of the molecule is CC(C)(C)c1nnc(SCC(=O)Nc2ccc(OC(F)(F)F)cc2)n1-c1ccccc1. The van der Waals surface area contributed by atoms with E-state index in [2.05, 4.69) is 20.3 Å². The number of halogens is 3. The van der Waals surface area contributed by atoms with Crippen molar-refractivity contribution in [3.8, 4) is 11.4 Å². The van der Waals surface area contributed by atoms with E-state index in [-0.39, 0.29) is 22.8 Å². The van der Waals surface area contributed by atoms with Crippen LogP contribution in [-0.4, -0.2) is 32.8 Å². The maximum atomic E-state index is 12.4. The van der Waals surface area contributed by atoms with Crippen molar-refractivity contribution in [2.75, 3.05) is 11.1 Å². The van der Waals surface area contributed by atoms with Gasteiger partial charge in [-0.3, -0.25) is 9.36 Å². The first-order valence-corrected chi connectivity index (χ1v) is 10.3. The van der Waals surface area contributed by atoms with Crippen molar-refractivity contribution >= 4 is 23.4 Å². The van der Waals surface area contributed by atoms with Gasteiger partial charge in [0.25, 0.3) is 0 Å². The Morgan fingerprint density at radius 2 is 1.68 bits per heavy atom. The zero-order valence-corrected chi connectivity index (χ0v) is 17.9. The summed E-state index contributed by atoms with van der Waals surface area (Å²) in [7, 11) is 0. The monoisotopic (exact) mass is 450 g/mol. The molecule has 1 amide bonds. The molecule has 0 aliphatic heterocycles. The van der Waals surface area contributed by atoms with Crippen LogP contribution in [0.25, 0.3) is 5.69 Å². The molecule has 0 aliphatic carbocycles. The zero-order chi connectivity index (χ0) is 22.6. The fourth-order valence-corrected chi connectivity index (χ4v) is 3.48. The number of nitrogens with one attached hydrogen (secondary N) is 1. The van der Waals surface area contributed by atoms with Crippen molar-refractivity contribution in [2.45, 2.75) is 37.7 Å². The number of nitrogens with zero attached hydrogens (tertiary/aromatic N) is 3. The highest BCUT2D eigenvalue weighted by Gasteiger charge is 2.31. The van der Waals surface area contributed by atoms with E-state index in [0.29, 0.717) is 10.8 Å². The second-order valence-electron chi connectivity index (χ2n) is 7.64. The van der Waals surface area contributed by atoms with E-state index in [9.17, 15) is 18.0 Å². The average Bonchev–Trinajstić information content (AvgIpc) is 3.12. The number of para-hydroxylation sites is 1. The lowest BCUT2D eigenvalue weighted by molar-refractivity contribution is -0.274. The van der Waals surface area contributed by atoms with Gasteiger partial charge < -0.3 is 10.1 Å². The van der Waals surface area contributed by atoms with Crippen molar-refractivity contribution in [3.05, 3.63) is 60.4 Å². The summed E-state index contributed by atoms with van der Waals surface area (Å²) in [5.41, 5.74) is 0.991. The maximum absolute atomic E-state index is 12.4. The van der Waals surface area contributed by atoms with Gasteiger partial charge in [-0.1, -0.05) is 50.7 Å². The number of amides is 1. The molecule has 0 atom stereocenters. The van der Waals surface area contributed by atoms with Crippen LogP contribution in [0.15, 0.2) is 59.8 Å². The highest BCUT2D eigenvalue weighted by atomic mass is 32.2. The van der Waals surface area contributed by atoms with E-state index < -0.39 is 6.36 Å². The Morgan fingerprint density at radius 3 is 2.26 bits per heavy atom. The molecule has 0 spiro atoms. The number of carbonyl (C=O) groups is 1. The van der Waals surface area contributed by atoms with Gasteiger partial charge in [-0.05, 0) is 36.4 Å². The summed E-state index contributed by atoms with van der Waals surface area (Å²) in [4.78, 5) is 12.4. The fraction of sp³-hybridized carbons (Fsp3) is 0.286. The van der Waals surface area contributed by atoms with E-state index in [1.54, 1.807) is 0 Å². The molecule has 0 saturated heterocycles. The molecule has 1 aromatic heterocycles. The molecular weight excluding hydrogens is 429 g/mol. The predicted molar refractivity (Wildman–Crippen MR) is 113 cm³/mol. The van der Waals surface area contributed by atoms with Crippen molar-refractivity contribution in [1.82, 2.24) is 14.8 Å². The molecule has 0 aliphatic rings. The lowest BCUT2D eigenvalue weighted by Gasteiger charge is -2.19. The van der Waals surface area contributed by atoms with E-state index in [1.807, 2.05) is 55.7 Å². The number of benzene rings is 2. The van der Waals surface area contributed by atoms with Crippen LogP contribution >= 0.6 is 11.8 Å². The molecule has 0 radical (unpaired) electrons. The molecule has 31 heavy (non-hydrogen) atoms. The minimum atomic E-state index is -4.76. The number of hydrogen-bond donors (Lipinski definition) is 1. The van der Waals surface area contributed by atoms with Gasteiger partial charge in [-0.15, -0.1) is 23.4 Å². The third-order valence-electron chi connectivity index (χ3n) is 4.02. The highest BCUT2D eigenvalue weighted by molar-refractivity contribution is 7.99. The molecule has 0 unspecified atom stereocenters. The topological polar surface area (TPSA) is 69.0 Å². The Labute approximate surface area is 181 Å². The van der Waals surface area contributed by atoms with Crippen LogP contribution in [0.4, 0.5) is 18.9 Å². The quantitative estimate of drug-likeness (QED) is 0.523. The molecule has 2 aromatic carbocycles. The first-order chi connectivity index (χ1) is 14.5. The third kappa shape index (κ3) is 6.24. The third-order valence-corrected chi connectivity index (χ3v) is 4.95. The first-order valence-electron chi connectivity index (χ1n) is 9.33. The summed E-state index contributed by atoms with van der Waals surface area (Å²) in [5.74, 6) is 0.137. The van der Waals surface area contributed by atoms with Gasteiger partial charge in [-0.25, -0.2) is 0 Å². The smallest absolute Gasteiger partial charge is 0.406 e. The number of ether oxygens (including phenoxy) is 1. The molecule has 3 aromatic rings. The van der Waals surface area contributed by atoms with Gasteiger partial charge in [0.2, 0.25) is 5.91 Å². The molecule has 1 heterocycles. The predicted octanol–water partition coefficient (Wildman–Crippen LogP) is 5.19. The minimum Gasteiger partial charge on any atom is -0.406 e. The summed E-state index contributed by atoms with van der Waals surface area (Å²) in [5, 5.41) is 11.8. The summed E-state index contributed by atoms with van der Waals surface area (Å²) < 4.78 is 42.4.